The lowest BCUT2D eigenvalue weighted by atomic mass is 10.2. The van der Waals surface area contributed by atoms with Crippen LogP contribution in [0, 0.1) is 0 Å². The molecule has 1 aromatic heterocycles. The van der Waals surface area contributed by atoms with Crippen LogP contribution in [0.4, 0.5) is 5.82 Å². The fourth-order valence-electron chi connectivity index (χ4n) is 1.46. The molecule has 4 nitrogen and oxygen atoms in total. The van der Waals surface area contributed by atoms with E-state index in [1.165, 1.54) is 0 Å². The highest BCUT2D eigenvalue weighted by Crippen LogP contribution is 2.26. The Balaban J connectivity index is 2.21. The first-order valence-electron chi connectivity index (χ1n) is 5.37. The van der Waals surface area contributed by atoms with E-state index in [0.717, 1.165) is 0 Å². The smallest absolute Gasteiger partial charge is 0.256 e. The maximum absolute atomic E-state index is 12.0. The second-order valence-corrected chi connectivity index (χ2v) is 4.90. The summed E-state index contributed by atoms with van der Waals surface area (Å²) >= 11 is 9.26. The van der Waals surface area contributed by atoms with Gasteiger partial charge < -0.3 is 10.1 Å². The molecule has 6 heteroatoms. The molecule has 2 aromatic rings. The van der Waals surface area contributed by atoms with Gasteiger partial charge in [-0.3, -0.25) is 4.79 Å². The maximum Gasteiger partial charge on any atom is 0.256 e. The number of halogens is 2. The van der Waals surface area contributed by atoms with E-state index in [9.17, 15) is 4.79 Å². The summed E-state index contributed by atoms with van der Waals surface area (Å²) in [5.41, 5.74) is 0.481. The first-order valence-corrected chi connectivity index (χ1v) is 6.54. The third-order valence-corrected chi connectivity index (χ3v) is 3.33. The maximum atomic E-state index is 12.0. The number of nitrogens with one attached hydrogen (secondary N) is 1. The number of pyridine rings is 1. The first-order chi connectivity index (χ1) is 9.11. The molecule has 19 heavy (non-hydrogen) atoms. The molecule has 0 aliphatic carbocycles. The molecule has 0 aliphatic rings. The van der Waals surface area contributed by atoms with Gasteiger partial charge in [0.2, 0.25) is 0 Å². The normalized spacial score (nSPS) is 10.1. The van der Waals surface area contributed by atoms with Gasteiger partial charge in [0.25, 0.3) is 5.91 Å². The summed E-state index contributed by atoms with van der Waals surface area (Å²) in [5, 5.41) is 3.04. The summed E-state index contributed by atoms with van der Waals surface area (Å²) in [6.07, 6.45) is 1.56. The Hall–Kier alpha value is -1.59. The second-order valence-electron chi connectivity index (χ2n) is 3.64. The minimum Gasteiger partial charge on any atom is -0.496 e. The van der Waals surface area contributed by atoms with Gasteiger partial charge in [-0.2, -0.15) is 0 Å². The molecule has 0 atom stereocenters. The van der Waals surface area contributed by atoms with Crippen molar-refractivity contribution in [2.24, 2.45) is 0 Å². The van der Waals surface area contributed by atoms with Crippen molar-refractivity contribution in [2.45, 2.75) is 0 Å². The van der Waals surface area contributed by atoms with Crippen LogP contribution in [0.5, 0.6) is 5.75 Å². The van der Waals surface area contributed by atoms with Gasteiger partial charge >= 0.3 is 0 Å². The molecule has 1 amide bonds. The average molecular weight is 342 g/mol. The predicted octanol–water partition coefficient (Wildman–Crippen LogP) is 3.76. The number of carbonyl (C=O) groups excluding carboxylic acids is 1. The number of aromatic nitrogens is 1. The van der Waals surface area contributed by atoms with Gasteiger partial charge in [0.1, 0.15) is 5.75 Å². The Labute approximate surface area is 123 Å². The van der Waals surface area contributed by atoms with Gasteiger partial charge in [-0.1, -0.05) is 11.6 Å². The van der Waals surface area contributed by atoms with Crippen molar-refractivity contribution >= 4 is 39.3 Å². The number of carbonyl (C=O) groups is 1. The van der Waals surface area contributed by atoms with E-state index in [1.54, 1.807) is 43.6 Å². The highest BCUT2D eigenvalue weighted by atomic mass is 79.9. The molecule has 1 aromatic carbocycles. The van der Waals surface area contributed by atoms with Gasteiger partial charge in [0.15, 0.2) is 5.82 Å². The first kappa shape index (κ1) is 13.8. The molecule has 0 unspecified atom stereocenters. The van der Waals surface area contributed by atoms with E-state index in [-0.39, 0.29) is 5.91 Å². The lowest BCUT2D eigenvalue weighted by molar-refractivity contribution is 0.102. The van der Waals surface area contributed by atoms with Gasteiger partial charge in [-0.05, 0) is 46.3 Å². The molecule has 0 radical (unpaired) electrons. The third kappa shape index (κ3) is 3.24. The van der Waals surface area contributed by atoms with Crippen LogP contribution in [0.25, 0.3) is 0 Å². The van der Waals surface area contributed by atoms with E-state index in [0.29, 0.717) is 26.6 Å². The molecule has 0 bridgehead atoms. The Morgan fingerprint density at radius 1 is 1.42 bits per heavy atom. The summed E-state index contributed by atoms with van der Waals surface area (Å²) < 4.78 is 5.81. The zero-order valence-corrected chi connectivity index (χ0v) is 12.3. The molecule has 0 spiro atoms. The van der Waals surface area contributed by atoms with Crippen molar-refractivity contribution in [2.75, 3.05) is 12.4 Å². The zero-order valence-electron chi connectivity index (χ0n) is 9.98. The number of nitrogens with zero attached hydrogens (tertiary/aromatic N) is 1. The van der Waals surface area contributed by atoms with Gasteiger partial charge in [-0.25, -0.2) is 4.98 Å². The lowest BCUT2D eigenvalue weighted by Crippen LogP contribution is -2.13. The van der Waals surface area contributed by atoms with E-state index >= 15 is 0 Å². The lowest BCUT2D eigenvalue weighted by Gasteiger charge is -2.08. The summed E-state index contributed by atoms with van der Waals surface area (Å²) in [4.78, 5) is 16.0. The summed E-state index contributed by atoms with van der Waals surface area (Å²) in [6, 6.07) is 8.40. The van der Waals surface area contributed by atoms with Crippen LogP contribution in [0.1, 0.15) is 10.4 Å². The van der Waals surface area contributed by atoms with Crippen LogP contribution in [0.15, 0.2) is 41.0 Å². The van der Waals surface area contributed by atoms with Crippen molar-refractivity contribution < 1.29 is 9.53 Å². The molecule has 0 fully saturated rings. The minimum atomic E-state index is -0.288. The number of rotatable bonds is 3. The minimum absolute atomic E-state index is 0.288. The van der Waals surface area contributed by atoms with E-state index in [4.69, 9.17) is 16.3 Å². The van der Waals surface area contributed by atoms with E-state index in [2.05, 4.69) is 26.2 Å². The van der Waals surface area contributed by atoms with E-state index < -0.39 is 0 Å². The fraction of sp³-hybridized carbons (Fsp3) is 0.0769. The molecule has 2 rings (SSSR count). The summed E-state index contributed by atoms with van der Waals surface area (Å²) in [5.74, 6) is 0.706. The number of amides is 1. The Morgan fingerprint density at radius 2 is 2.21 bits per heavy atom. The van der Waals surface area contributed by atoms with Crippen molar-refractivity contribution in [1.29, 1.82) is 0 Å². The summed E-state index contributed by atoms with van der Waals surface area (Å²) in [6.45, 7) is 0. The highest BCUT2D eigenvalue weighted by molar-refractivity contribution is 9.10. The largest absolute Gasteiger partial charge is 0.496 e. The quantitative estimate of drug-likeness (QED) is 0.925. The molecular weight excluding hydrogens is 332 g/mol. The van der Waals surface area contributed by atoms with Crippen LogP contribution in [-0.2, 0) is 0 Å². The van der Waals surface area contributed by atoms with Crippen LogP contribution >= 0.6 is 27.5 Å². The van der Waals surface area contributed by atoms with Crippen molar-refractivity contribution in [3.8, 4) is 5.75 Å². The monoisotopic (exact) mass is 340 g/mol. The van der Waals surface area contributed by atoms with Crippen molar-refractivity contribution in [3.05, 3.63) is 51.6 Å². The summed E-state index contributed by atoms with van der Waals surface area (Å²) in [7, 11) is 1.56. The highest BCUT2D eigenvalue weighted by Gasteiger charge is 2.11. The van der Waals surface area contributed by atoms with Crippen LogP contribution in [-0.4, -0.2) is 18.0 Å². The molecule has 98 valence electrons. The van der Waals surface area contributed by atoms with Crippen molar-refractivity contribution in [1.82, 2.24) is 4.98 Å². The topological polar surface area (TPSA) is 51.2 Å². The van der Waals surface area contributed by atoms with Crippen LogP contribution in [0.3, 0.4) is 0 Å². The second kappa shape index (κ2) is 6.04. The average Bonchev–Trinajstić information content (AvgIpc) is 2.41. The Kier molecular flexibility index (Phi) is 4.39. The van der Waals surface area contributed by atoms with Gasteiger partial charge in [0.05, 0.1) is 16.6 Å². The zero-order chi connectivity index (χ0) is 13.8. The number of ether oxygens (including phenoxy) is 1. The number of methoxy groups -OCH3 is 1. The van der Waals surface area contributed by atoms with E-state index in [1.807, 2.05) is 0 Å². The number of hydrogen-bond donors (Lipinski definition) is 1. The number of benzene rings is 1. The molecule has 1 N–H and O–H groups in total. The molecular formula is C13H10BrClN2O2. The Bertz CT molecular complexity index is 619. The fourth-order valence-corrected chi connectivity index (χ4v) is 2.17. The SMILES string of the molecule is COc1ccc(C(=O)Nc2ncccc2Cl)cc1Br. The molecule has 1 heterocycles. The Morgan fingerprint density at radius 3 is 2.84 bits per heavy atom. The number of hydrogen-bond acceptors (Lipinski definition) is 3. The van der Waals surface area contributed by atoms with Gasteiger partial charge in [0, 0.05) is 11.8 Å². The standard InChI is InChI=1S/C13H10BrClN2O2/c1-19-11-5-4-8(7-9(11)14)13(18)17-12-10(15)3-2-6-16-12/h2-7H,1H3,(H,16,17,18). The number of anilines is 1. The predicted molar refractivity (Wildman–Crippen MR) is 77.9 cm³/mol. The molecule has 0 saturated heterocycles. The van der Waals surface area contributed by atoms with Crippen LogP contribution < -0.4 is 10.1 Å². The van der Waals surface area contributed by atoms with Gasteiger partial charge in [-0.15, -0.1) is 0 Å². The third-order valence-electron chi connectivity index (χ3n) is 2.40. The molecule has 0 saturated carbocycles. The molecule has 0 aliphatic heterocycles. The van der Waals surface area contributed by atoms with Crippen LogP contribution in [0.2, 0.25) is 5.02 Å². The van der Waals surface area contributed by atoms with Crippen molar-refractivity contribution in [3.63, 3.8) is 0 Å².